The summed E-state index contributed by atoms with van der Waals surface area (Å²) in [5.41, 5.74) is 3.74. The zero-order valence-corrected chi connectivity index (χ0v) is 15.9. The molecule has 0 spiro atoms. The Balaban J connectivity index is 1.97. The maximum absolute atomic E-state index is 15.3. The Morgan fingerprint density at radius 3 is 0.867 bits per heavy atom. The molecule has 142 valence electrons. The van der Waals surface area contributed by atoms with E-state index in [9.17, 15) is 0 Å². The first-order valence-electron chi connectivity index (χ1n) is 9.79. The summed E-state index contributed by atoms with van der Waals surface area (Å²) in [5, 5.41) is 3.13. The first kappa shape index (κ1) is 17.0. The van der Waals surface area contributed by atoms with Crippen LogP contribution in [0.3, 0.4) is 0 Å². The van der Waals surface area contributed by atoms with Gasteiger partial charge in [0.2, 0.25) is 0 Å². The first-order chi connectivity index (χ1) is 14.8. The predicted molar refractivity (Wildman–Crippen MR) is 115 cm³/mol. The van der Waals surface area contributed by atoms with Gasteiger partial charge in [-0.25, -0.2) is 0 Å². The number of halogens is 2. The summed E-state index contributed by atoms with van der Waals surface area (Å²) >= 11 is 0. The molecule has 4 aromatic carbocycles. The van der Waals surface area contributed by atoms with Crippen molar-refractivity contribution in [1.82, 2.24) is 0 Å². The first-order valence-corrected chi connectivity index (χ1v) is 9.79. The average molecular weight is 394 g/mol. The summed E-state index contributed by atoms with van der Waals surface area (Å²) in [6.45, 7) is 0. The quantitative estimate of drug-likeness (QED) is 0.302. The van der Waals surface area contributed by atoms with E-state index >= 15 is 8.96 Å². The molecule has 0 amide bonds. The molecule has 0 saturated carbocycles. The van der Waals surface area contributed by atoms with Crippen LogP contribution in [-0.2, 0) is 0 Å². The lowest BCUT2D eigenvalue weighted by Gasteiger charge is -2.12. The molecular weight excluding hydrogens is 378 g/mol. The van der Waals surface area contributed by atoms with Gasteiger partial charge in [0.15, 0.2) is 0 Å². The number of para-hydroxylation sites is 4. The van der Waals surface area contributed by atoms with E-state index in [1.165, 1.54) is 0 Å². The highest BCUT2D eigenvalue weighted by Gasteiger charge is 2.28. The molecule has 0 fully saturated rings. The van der Waals surface area contributed by atoms with Crippen LogP contribution >= 0.6 is 0 Å². The van der Waals surface area contributed by atoms with Crippen molar-refractivity contribution >= 4 is 43.6 Å². The van der Waals surface area contributed by atoms with Crippen molar-refractivity contribution < 1.29 is 18.5 Å². The van der Waals surface area contributed by atoms with Crippen LogP contribution < -0.4 is 9.58 Å². The standard InChI is InChI=1S/C26H16F2N2/c27-29-21-13-5-1-9-17(21)25(18-10-2-6-14-22(18)29)26-19-11-3-7-15-23(19)30(28)24-16-8-4-12-20(24)26/h1-16H/q+2. The fourth-order valence-corrected chi connectivity index (χ4v) is 4.51. The van der Waals surface area contributed by atoms with Gasteiger partial charge in [0.1, 0.15) is 0 Å². The number of hydrogen-bond donors (Lipinski definition) is 0. The largest absolute Gasteiger partial charge is 0.262 e. The van der Waals surface area contributed by atoms with Gasteiger partial charge in [0, 0.05) is 45.0 Å². The molecule has 2 heterocycles. The number of nitrogens with zero attached hydrogens (tertiary/aromatic N) is 2. The molecule has 0 aliphatic rings. The second-order valence-electron chi connectivity index (χ2n) is 7.38. The van der Waals surface area contributed by atoms with Crippen LogP contribution in [0.5, 0.6) is 0 Å². The number of benzene rings is 4. The van der Waals surface area contributed by atoms with E-state index in [2.05, 4.69) is 0 Å². The molecular formula is C26H16F2N2+2. The average Bonchev–Trinajstić information content (AvgIpc) is 2.81. The maximum Gasteiger partial charge on any atom is 0.262 e. The Morgan fingerprint density at radius 1 is 0.367 bits per heavy atom. The van der Waals surface area contributed by atoms with Gasteiger partial charge < -0.3 is 0 Å². The van der Waals surface area contributed by atoms with Gasteiger partial charge >= 0.3 is 0 Å². The highest BCUT2D eigenvalue weighted by molar-refractivity contribution is 6.18. The van der Waals surface area contributed by atoms with Crippen molar-refractivity contribution in [2.45, 2.75) is 0 Å². The number of rotatable bonds is 1. The van der Waals surface area contributed by atoms with Crippen LogP contribution in [0.15, 0.2) is 97.1 Å². The summed E-state index contributed by atoms with van der Waals surface area (Å²) < 4.78 is 30.6. The summed E-state index contributed by atoms with van der Waals surface area (Å²) in [7, 11) is 0. The third kappa shape index (κ3) is 2.22. The molecule has 6 rings (SSSR count). The zero-order chi connectivity index (χ0) is 20.2. The molecule has 0 aliphatic heterocycles. The number of hydrogen-bond acceptors (Lipinski definition) is 0. The summed E-state index contributed by atoms with van der Waals surface area (Å²) in [6.07, 6.45) is 0. The minimum absolute atomic E-state index is 0.483. The second kappa shape index (κ2) is 6.29. The highest BCUT2D eigenvalue weighted by Crippen LogP contribution is 2.41. The number of pyridine rings is 2. The van der Waals surface area contributed by atoms with E-state index in [0.717, 1.165) is 42.3 Å². The Morgan fingerprint density at radius 2 is 0.600 bits per heavy atom. The molecule has 0 N–H and O–H groups in total. The molecule has 30 heavy (non-hydrogen) atoms. The molecule has 0 aliphatic carbocycles. The smallest absolute Gasteiger partial charge is 0.0612 e. The monoisotopic (exact) mass is 394 g/mol. The van der Waals surface area contributed by atoms with Crippen molar-refractivity contribution in [3.05, 3.63) is 97.1 Å². The normalized spacial score (nSPS) is 11.7. The van der Waals surface area contributed by atoms with Crippen LogP contribution in [0.25, 0.3) is 54.7 Å². The second-order valence-corrected chi connectivity index (χ2v) is 7.38. The SMILES string of the molecule is F[n+]1c2ccccc2c(-c2c3ccccc3[n+](F)c3ccccc23)c2ccccc21. The summed E-state index contributed by atoms with van der Waals surface area (Å²) in [6, 6.07) is 29.7. The van der Waals surface area contributed by atoms with Gasteiger partial charge in [0.05, 0.1) is 30.5 Å². The van der Waals surface area contributed by atoms with Crippen LogP contribution in [0.1, 0.15) is 0 Å². The molecule has 2 nitrogen and oxygen atoms in total. The molecule has 0 unspecified atom stereocenters. The lowest BCUT2D eigenvalue weighted by molar-refractivity contribution is -0.800. The molecule has 0 atom stereocenters. The van der Waals surface area contributed by atoms with Gasteiger partial charge in [-0.05, 0) is 24.3 Å². The van der Waals surface area contributed by atoms with Gasteiger partial charge in [0.25, 0.3) is 22.1 Å². The maximum atomic E-state index is 15.3. The lowest BCUT2D eigenvalue weighted by Crippen LogP contribution is -2.26. The zero-order valence-electron chi connectivity index (χ0n) is 15.9. The van der Waals surface area contributed by atoms with Crippen molar-refractivity contribution in [3.63, 3.8) is 0 Å². The molecule has 0 saturated heterocycles. The van der Waals surface area contributed by atoms with E-state index < -0.39 is 0 Å². The Hall–Kier alpha value is -3.92. The number of fused-ring (bicyclic) bond motifs is 4. The van der Waals surface area contributed by atoms with E-state index in [1.54, 1.807) is 24.3 Å². The lowest BCUT2D eigenvalue weighted by atomic mass is 9.90. The van der Waals surface area contributed by atoms with Gasteiger partial charge in [-0.2, -0.15) is 0 Å². The van der Waals surface area contributed by atoms with E-state index in [1.807, 2.05) is 72.8 Å². The van der Waals surface area contributed by atoms with Gasteiger partial charge in [-0.3, -0.25) is 0 Å². The van der Waals surface area contributed by atoms with E-state index in [4.69, 9.17) is 0 Å². The van der Waals surface area contributed by atoms with Crippen LogP contribution in [0.2, 0.25) is 0 Å². The van der Waals surface area contributed by atoms with Crippen molar-refractivity contribution in [1.29, 1.82) is 0 Å². The van der Waals surface area contributed by atoms with Crippen molar-refractivity contribution in [2.24, 2.45) is 0 Å². The molecule has 4 heteroatoms. The van der Waals surface area contributed by atoms with Gasteiger partial charge in [-0.1, -0.05) is 48.5 Å². The van der Waals surface area contributed by atoms with Gasteiger partial charge in [-0.15, -0.1) is 0 Å². The molecule has 0 bridgehead atoms. The number of aromatic nitrogens is 2. The predicted octanol–water partition coefficient (Wildman–Crippen LogP) is 6.01. The highest BCUT2D eigenvalue weighted by atomic mass is 19.2. The van der Waals surface area contributed by atoms with Crippen molar-refractivity contribution in [3.8, 4) is 11.1 Å². The van der Waals surface area contributed by atoms with Crippen LogP contribution in [0, 0.1) is 0 Å². The van der Waals surface area contributed by atoms with E-state index in [0.29, 0.717) is 22.1 Å². The fraction of sp³-hybridized carbons (Fsp3) is 0. The minimum Gasteiger partial charge on any atom is -0.0612 e. The Labute approximate surface area is 170 Å². The molecule has 0 radical (unpaired) electrons. The summed E-state index contributed by atoms with van der Waals surface area (Å²) in [5.74, 6) is 0. The Kier molecular flexibility index (Phi) is 3.56. The Bertz CT molecular complexity index is 1390. The van der Waals surface area contributed by atoms with Crippen molar-refractivity contribution in [2.75, 3.05) is 0 Å². The molecule has 6 aromatic rings. The summed E-state index contributed by atoms with van der Waals surface area (Å²) in [4.78, 5) is 1.47. The third-order valence-electron chi connectivity index (χ3n) is 5.79. The minimum atomic E-state index is 0.483. The fourth-order valence-electron chi connectivity index (χ4n) is 4.51. The van der Waals surface area contributed by atoms with E-state index in [-0.39, 0.29) is 0 Å². The van der Waals surface area contributed by atoms with Crippen LogP contribution in [-0.4, -0.2) is 0 Å². The van der Waals surface area contributed by atoms with Crippen LogP contribution in [0.4, 0.5) is 8.96 Å². The third-order valence-corrected chi connectivity index (χ3v) is 5.79. The molecule has 2 aromatic heterocycles. The topological polar surface area (TPSA) is 7.76 Å².